The van der Waals surface area contributed by atoms with Gasteiger partial charge in [-0.25, -0.2) is 4.68 Å². The molecule has 0 spiro atoms. The van der Waals surface area contributed by atoms with E-state index in [0.717, 1.165) is 17.7 Å². The molecular weight excluding hydrogens is 164 g/mol. The van der Waals surface area contributed by atoms with Crippen molar-refractivity contribution in [1.82, 2.24) is 9.78 Å². The summed E-state index contributed by atoms with van der Waals surface area (Å²) in [4.78, 5) is 0. The minimum absolute atomic E-state index is 0.00405. The first-order valence-electron chi connectivity index (χ1n) is 4.63. The number of rotatable bonds is 1. The van der Waals surface area contributed by atoms with E-state index in [1.165, 1.54) is 0 Å². The fourth-order valence-corrected chi connectivity index (χ4v) is 1.49. The summed E-state index contributed by atoms with van der Waals surface area (Å²) in [6, 6.07) is 0. The lowest BCUT2D eigenvalue weighted by atomic mass is 9.89. The van der Waals surface area contributed by atoms with Crippen molar-refractivity contribution in [3.05, 3.63) is 11.3 Å². The second kappa shape index (κ2) is 3.05. The van der Waals surface area contributed by atoms with Crippen molar-refractivity contribution in [3.8, 4) is 5.88 Å². The zero-order chi connectivity index (χ0) is 10.2. The minimum atomic E-state index is 0.00405. The Morgan fingerprint density at radius 2 is 1.92 bits per heavy atom. The molecule has 0 aliphatic rings. The van der Waals surface area contributed by atoms with Crippen LogP contribution < -0.4 is 0 Å². The predicted molar refractivity (Wildman–Crippen MR) is 53.0 cm³/mol. The van der Waals surface area contributed by atoms with Crippen LogP contribution in [0.5, 0.6) is 5.88 Å². The van der Waals surface area contributed by atoms with Crippen molar-refractivity contribution in [2.24, 2.45) is 7.05 Å². The molecule has 0 saturated heterocycles. The molecule has 0 aromatic carbocycles. The summed E-state index contributed by atoms with van der Waals surface area (Å²) in [6.45, 7) is 8.35. The molecule has 13 heavy (non-hydrogen) atoms. The molecule has 1 aromatic rings. The summed E-state index contributed by atoms with van der Waals surface area (Å²) in [5.41, 5.74) is 1.97. The number of aryl methyl sites for hydroxylation is 1. The molecule has 0 amide bonds. The van der Waals surface area contributed by atoms with Crippen LogP contribution in [0.2, 0.25) is 0 Å². The van der Waals surface area contributed by atoms with E-state index < -0.39 is 0 Å². The van der Waals surface area contributed by atoms with Gasteiger partial charge in [-0.1, -0.05) is 27.7 Å². The molecule has 1 aromatic heterocycles. The standard InChI is InChI=1S/C10H18N2O/c1-6-7-8(10(2,3)4)11-12(5)9(7)13/h13H,6H2,1-5H3. The Kier molecular flexibility index (Phi) is 2.37. The van der Waals surface area contributed by atoms with Gasteiger partial charge >= 0.3 is 0 Å². The molecule has 1 N–H and O–H groups in total. The molecule has 0 atom stereocenters. The zero-order valence-corrected chi connectivity index (χ0v) is 9.05. The minimum Gasteiger partial charge on any atom is -0.493 e. The van der Waals surface area contributed by atoms with Gasteiger partial charge in [-0.2, -0.15) is 5.10 Å². The van der Waals surface area contributed by atoms with Crippen molar-refractivity contribution >= 4 is 0 Å². The molecule has 0 unspecified atom stereocenters. The number of hydrogen-bond acceptors (Lipinski definition) is 2. The van der Waals surface area contributed by atoms with E-state index >= 15 is 0 Å². The quantitative estimate of drug-likeness (QED) is 0.721. The van der Waals surface area contributed by atoms with Crippen LogP contribution in [0, 0.1) is 0 Å². The summed E-state index contributed by atoms with van der Waals surface area (Å²) in [5.74, 6) is 0.299. The van der Waals surface area contributed by atoms with Crippen molar-refractivity contribution in [2.75, 3.05) is 0 Å². The molecule has 1 rings (SSSR count). The Bertz CT molecular complexity index is 307. The van der Waals surface area contributed by atoms with Gasteiger partial charge in [0.1, 0.15) is 0 Å². The monoisotopic (exact) mass is 182 g/mol. The fraction of sp³-hybridized carbons (Fsp3) is 0.700. The summed E-state index contributed by atoms with van der Waals surface area (Å²) in [5, 5.41) is 14.0. The van der Waals surface area contributed by atoms with Gasteiger partial charge in [-0.3, -0.25) is 0 Å². The molecule has 0 fully saturated rings. The second-order valence-electron chi connectivity index (χ2n) is 4.38. The third kappa shape index (κ3) is 1.69. The topological polar surface area (TPSA) is 38.0 Å². The first kappa shape index (κ1) is 10.1. The van der Waals surface area contributed by atoms with Gasteiger partial charge in [-0.05, 0) is 6.42 Å². The van der Waals surface area contributed by atoms with E-state index in [2.05, 4.69) is 25.9 Å². The Labute approximate surface area is 79.4 Å². The van der Waals surface area contributed by atoms with Gasteiger partial charge in [-0.15, -0.1) is 0 Å². The van der Waals surface area contributed by atoms with E-state index in [-0.39, 0.29) is 5.41 Å². The first-order chi connectivity index (χ1) is 5.88. The smallest absolute Gasteiger partial charge is 0.212 e. The molecule has 3 heteroatoms. The molecule has 3 nitrogen and oxygen atoms in total. The zero-order valence-electron chi connectivity index (χ0n) is 9.05. The van der Waals surface area contributed by atoms with Gasteiger partial charge in [0, 0.05) is 18.0 Å². The summed E-state index contributed by atoms with van der Waals surface area (Å²) < 4.78 is 1.54. The molecule has 0 aliphatic heterocycles. The number of aromatic nitrogens is 2. The Morgan fingerprint density at radius 1 is 1.38 bits per heavy atom. The van der Waals surface area contributed by atoms with Crippen LogP contribution in [0.3, 0.4) is 0 Å². The maximum atomic E-state index is 9.68. The van der Waals surface area contributed by atoms with Gasteiger partial charge in [0.2, 0.25) is 5.88 Å². The molecular formula is C10H18N2O. The highest BCUT2D eigenvalue weighted by Crippen LogP contribution is 2.30. The summed E-state index contributed by atoms with van der Waals surface area (Å²) >= 11 is 0. The number of nitrogens with zero attached hydrogens (tertiary/aromatic N) is 2. The summed E-state index contributed by atoms with van der Waals surface area (Å²) in [6.07, 6.45) is 0.826. The van der Waals surface area contributed by atoms with Crippen LogP contribution in [0.1, 0.15) is 39.0 Å². The highest BCUT2D eigenvalue weighted by Gasteiger charge is 2.24. The van der Waals surface area contributed by atoms with E-state index in [1.807, 2.05) is 6.92 Å². The van der Waals surface area contributed by atoms with Gasteiger partial charge in [0.15, 0.2) is 0 Å². The molecule has 74 valence electrons. The molecule has 0 bridgehead atoms. The van der Waals surface area contributed by atoms with Crippen LogP contribution in [0.4, 0.5) is 0 Å². The van der Waals surface area contributed by atoms with E-state index in [4.69, 9.17) is 0 Å². The van der Waals surface area contributed by atoms with Crippen LogP contribution in [-0.2, 0) is 18.9 Å². The molecule has 0 aliphatic carbocycles. The molecule has 1 heterocycles. The van der Waals surface area contributed by atoms with Crippen LogP contribution in [0.25, 0.3) is 0 Å². The largest absolute Gasteiger partial charge is 0.493 e. The lowest BCUT2D eigenvalue weighted by molar-refractivity contribution is 0.414. The first-order valence-corrected chi connectivity index (χ1v) is 4.63. The second-order valence-corrected chi connectivity index (χ2v) is 4.38. The average molecular weight is 182 g/mol. The highest BCUT2D eigenvalue weighted by atomic mass is 16.3. The lowest BCUT2D eigenvalue weighted by Gasteiger charge is -2.16. The fourth-order valence-electron chi connectivity index (χ4n) is 1.49. The van der Waals surface area contributed by atoms with Crippen LogP contribution in [0.15, 0.2) is 0 Å². The third-order valence-corrected chi connectivity index (χ3v) is 2.18. The van der Waals surface area contributed by atoms with Gasteiger partial charge in [0.05, 0.1) is 5.69 Å². The molecule has 0 radical (unpaired) electrons. The summed E-state index contributed by atoms with van der Waals surface area (Å²) in [7, 11) is 1.77. The predicted octanol–water partition coefficient (Wildman–Crippen LogP) is 1.99. The van der Waals surface area contributed by atoms with E-state index in [9.17, 15) is 5.11 Å². The average Bonchev–Trinajstić information content (AvgIpc) is 2.28. The highest BCUT2D eigenvalue weighted by molar-refractivity contribution is 5.34. The Balaban J connectivity index is 3.30. The maximum Gasteiger partial charge on any atom is 0.212 e. The van der Waals surface area contributed by atoms with Gasteiger partial charge in [0.25, 0.3) is 0 Å². The van der Waals surface area contributed by atoms with E-state index in [0.29, 0.717) is 5.88 Å². The normalized spacial score (nSPS) is 12.1. The SMILES string of the molecule is CCc1c(C(C)(C)C)nn(C)c1O. The van der Waals surface area contributed by atoms with Gasteiger partial charge < -0.3 is 5.11 Å². The van der Waals surface area contributed by atoms with Crippen molar-refractivity contribution in [2.45, 2.75) is 39.5 Å². The Hall–Kier alpha value is -0.990. The van der Waals surface area contributed by atoms with E-state index in [1.54, 1.807) is 11.7 Å². The van der Waals surface area contributed by atoms with Crippen LogP contribution >= 0.6 is 0 Å². The maximum absolute atomic E-state index is 9.68. The van der Waals surface area contributed by atoms with Crippen molar-refractivity contribution in [1.29, 1.82) is 0 Å². The lowest BCUT2D eigenvalue weighted by Crippen LogP contribution is -2.14. The van der Waals surface area contributed by atoms with Crippen molar-refractivity contribution in [3.63, 3.8) is 0 Å². The number of hydrogen-bond donors (Lipinski definition) is 1. The number of aromatic hydroxyl groups is 1. The third-order valence-electron chi connectivity index (χ3n) is 2.18. The van der Waals surface area contributed by atoms with Crippen molar-refractivity contribution < 1.29 is 5.11 Å². The molecule has 0 saturated carbocycles. The Morgan fingerprint density at radius 3 is 2.23 bits per heavy atom. The van der Waals surface area contributed by atoms with Crippen LogP contribution in [-0.4, -0.2) is 14.9 Å².